The molecule has 0 bridgehead atoms. The third kappa shape index (κ3) is 3.21. The maximum Gasteiger partial charge on any atom is 0.272 e. The Hall–Kier alpha value is -3.38. The van der Waals surface area contributed by atoms with Crippen molar-refractivity contribution in [1.29, 1.82) is 0 Å². The molecule has 1 fully saturated rings. The number of amides is 2. The molecule has 148 valence electrons. The summed E-state index contributed by atoms with van der Waals surface area (Å²) < 4.78 is 14.5. The molecule has 3 rings (SSSR count). The van der Waals surface area contributed by atoms with Crippen LogP contribution >= 0.6 is 12.2 Å². The Morgan fingerprint density at radius 3 is 2.55 bits per heavy atom. The quantitative estimate of drug-likeness (QED) is 0.620. The molecule has 0 aliphatic carbocycles. The summed E-state index contributed by atoms with van der Waals surface area (Å²) in [6, 6.07) is 5.75. The first-order valence-corrected chi connectivity index (χ1v) is 9.08. The van der Waals surface area contributed by atoms with Gasteiger partial charge in [0.15, 0.2) is 5.11 Å². The zero-order valence-electron chi connectivity index (χ0n) is 16.3. The summed E-state index contributed by atoms with van der Waals surface area (Å²) in [5, 5.41) is 2.53. The van der Waals surface area contributed by atoms with Crippen molar-refractivity contribution >= 4 is 46.3 Å². The van der Waals surface area contributed by atoms with E-state index in [2.05, 4.69) is 15.1 Å². The van der Waals surface area contributed by atoms with Crippen LogP contribution in [0.3, 0.4) is 0 Å². The zero-order valence-corrected chi connectivity index (χ0v) is 17.1. The monoisotopic (exact) mass is 411 g/mol. The maximum atomic E-state index is 14.5. The molecular weight excluding hydrogens is 393 g/mol. The fourth-order valence-electron chi connectivity index (χ4n) is 3.21. The van der Waals surface area contributed by atoms with Gasteiger partial charge in [0.1, 0.15) is 17.6 Å². The summed E-state index contributed by atoms with van der Waals surface area (Å²) in [5.41, 5.74) is 0.207. The van der Waals surface area contributed by atoms with Crippen LogP contribution < -0.4 is 15.1 Å². The summed E-state index contributed by atoms with van der Waals surface area (Å²) in [7, 11) is 1.42. The minimum atomic E-state index is -1.09. The molecular formula is C20H18FN5O2S. The molecule has 1 saturated heterocycles. The van der Waals surface area contributed by atoms with Crippen molar-refractivity contribution in [3.05, 3.63) is 58.8 Å². The van der Waals surface area contributed by atoms with Crippen LogP contribution in [0.1, 0.15) is 29.8 Å². The summed E-state index contributed by atoms with van der Waals surface area (Å²) in [6.07, 6.45) is 1.42. The predicted molar refractivity (Wildman–Crippen MR) is 112 cm³/mol. The summed E-state index contributed by atoms with van der Waals surface area (Å²) in [5.74, 6) is -1.33. The van der Waals surface area contributed by atoms with Gasteiger partial charge in [-0.3, -0.25) is 14.5 Å². The van der Waals surface area contributed by atoms with Crippen molar-refractivity contribution in [2.24, 2.45) is 0 Å². The van der Waals surface area contributed by atoms with Crippen molar-refractivity contribution < 1.29 is 14.0 Å². The Balaban J connectivity index is 2.06. The lowest BCUT2D eigenvalue weighted by Gasteiger charge is -2.29. The van der Waals surface area contributed by atoms with Crippen LogP contribution in [0.4, 0.5) is 21.6 Å². The van der Waals surface area contributed by atoms with Crippen LogP contribution in [0.15, 0.2) is 30.5 Å². The molecule has 0 saturated carbocycles. The average Bonchev–Trinajstić information content (AvgIpc) is 2.85. The predicted octanol–water partition coefficient (Wildman–Crippen LogP) is 3.36. The number of carbonyl (C=O) groups is 2. The number of hydrogen-bond acceptors (Lipinski definition) is 4. The van der Waals surface area contributed by atoms with E-state index in [1.54, 1.807) is 37.8 Å². The molecule has 2 heterocycles. The van der Waals surface area contributed by atoms with Gasteiger partial charge in [0.25, 0.3) is 17.6 Å². The van der Waals surface area contributed by atoms with Crippen LogP contribution in [0.5, 0.6) is 0 Å². The largest absolute Gasteiger partial charge is 0.360 e. The lowest BCUT2D eigenvalue weighted by atomic mass is 10.0. The number of aryl methyl sites for hydroxylation is 1. The number of hydrogen-bond donors (Lipinski definition) is 1. The van der Waals surface area contributed by atoms with Crippen LogP contribution in [-0.4, -0.2) is 34.5 Å². The van der Waals surface area contributed by atoms with E-state index in [0.717, 1.165) is 0 Å². The lowest BCUT2D eigenvalue weighted by Crippen LogP contribution is -2.44. The highest BCUT2D eigenvalue weighted by atomic mass is 32.1. The third-order valence-corrected chi connectivity index (χ3v) is 5.12. The number of rotatable bonds is 3. The zero-order chi connectivity index (χ0) is 21.5. The van der Waals surface area contributed by atoms with Gasteiger partial charge in [-0.15, -0.1) is 4.98 Å². The molecule has 0 unspecified atom stereocenters. The molecule has 0 atom stereocenters. The van der Waals surface area contributed by atoms with Crippen LogP contribution in [-0.2, 0) is 4.79 Å². The normalized spacial score (nSPS) is 15.4. The van der Waals surface area contributed by atoms with Crippen molar-refractivity contribution in [1.82, 2.24) is 10.3 Å². The fraction of sp³-hybridized carbons (Fsp3) is 0.250. The number of nitrogens with zero attached hydrogens (tertiary/aromatic N) is 4. The van der Waals surface area contributed by atoms with Crippen molar-refractivity contribution in [2.75, 3.05) is 16.8 Å². The molecule has 0 radical (unpaired) electrons. The first-order valence-electron chi connectivity index (χ1n) is 8.68. The fourth-order valence-corrected chi connectivity index (χ4v) is 3.73. The smallest absolute Gasteiger partial charge is 0.272 e. The summed E-state index contributed by atoms with van der Waals surface area (Å²) >= 11 is 5.55. The van der Waals surface area contributed by atoms with Crippen LogP contribution in [0.25, 0.3) is 4.85 Å². The van der Waals surface area contributed by atoms with Crippen molar-refractivity contribution in [3.63, 3.8) is 0 Å². The molecule has 7 nitrogen and oxygen atoms in total. The second-order valence-corrected chi connectivity index (χ2v) is 7.37. The van der Waals surface area contributed by atoms with E-state index in [9.17, 15) is 14.0 Å². The molecule has 1 aromatic heterocycles. The molecule has 9 heteroatoms. The number of halogens is 1. The Kier molecular flexibility index (Phi) is 5.07. The molecule has 1 aromatic carbocycles. The van der Waals surface area contributed by atoms with E-state index in [-0.39, 0.29) is 22.4 Å². The number of thiocarbonyl (C=S) groups is 1. The van der Waals surface area contributed by atoms with E-state index in [0.29, 0.717) is 16.9 Å². The second kappa shape index (κ2) is 7.22. The second-order valence-electron chi connectivity index (χ2n) is 7.01. The standard InChI is InChI=1S/C20H18FN5O2S/c1-11-8-13(10-24-16(11)22-4)25-18(28)20(2,3)26(19(25)29)12-6-7-14(15(21)9-12)17(27)23-5/h6-10H,1-3,5H3,(H,23,27). The van der Waals surface area contributed by atoms with Gasteiger partial charge in [-0.05, 0) is 62.8 Å². The average molecular weight is 411 g/mol. The number of pyridine rings is 1. The molecule has 1 N–H and O–H groups in total. The SMILES string of the molecule is [C-]#[N+]c1ncc(N2C(=O)C(C)(C)N(c3ccc(C(=O)NC)c(F)c3)C2=S)cc1C. The summed E-state index contributed by atoms with van der Waals surface area (Å²) in [6.45, 7) is 12.2. The van der Waals surface area contributed by atoms with E-state index in [1.165, 1.54) is 30.3 Å². The van der Waals surface area contributed by atoms with E-state index in [1.807, 2.05) is 0 Å². The van der Waals surface area contributed by atoms with Crippen molar-refractivity contribution in [2.45, 2.75) is 26.3 Å². The number of aromatic nitrogens is 1. The highest BCUT2D eigenvalue weighted by Gasteiger charge is 2.50. The van der Waals surface area contributed by atoms with E-state index in [4.69, 9.17) is 18.8 Å². The number of anilines is 2. The van der Waals surface area contributed by atoms with Crippen LogP contribution in [0.2, 0.25) is 0 Å². The molecule has 2 amide bonds. The maximum absolute atomic E-state index is 14.5. The van der Waals surface area contributed by atoms with Crippen molar-refractivity contribution in [3.8, 4) is 0 Å². The van der Waals surface area contributed by atoms with Gasteiger partial charge in [-0.25, -0.2) is 4.39 Å². The van der Waals surface area contributed by atoms with Gasteiger partial charge < -0.3 is 15.1 Å². The van der Waals surface area contributed by atoms with E-state index >= 15 is 0 Å². The summed E-state index contributed by atoms with van der Waals surface area (Å²) in [4.78, 5) is 35.2. The topological polar surface area (TPSA) is 69.9 Å². The minimum absolute atomic E-state index is 0.100. The Labute approximate surface area is 173 Å². The lowest BCUT2D eigenvalue weighted by molar-refractivity contribution is -0.120. The van der Waals surface area contributed by atoms with Gasteiger partial charge >= 0.3 is 0 Å². The van der Waals surface area contributed by atoms with Gasteiger partial charge in [-0.2, -0.15) is 0 Å². The van der Waals surface area contributed by atoms with Gasteiger partial charge in [0.05, 0.1) is 11.3 Å². The first-order chi connectivity index (χ1) is 13.6. The van der Waals surface area contributed by atoms with Gasteiger partial charge in [0, 0.05) is 12.7 Å². The highest BCUT2D eigenvalue weighted by molar-refractivity contribution is 7.81. The molecule has 2 aromatic rings. The Morgan fingerprint density at radius 2 is 2.00 bits per heavy atom. The Morgan fingerprint density at radius 1 is 1.31 bits per heavy atom. The van der Waals surface area contributed by atoms with Gasteiger partial charge in [-0.1, -0.05) is 6.57 Å². The van der Waals surface area contributed by atoms with E-state index < -0.39 is 17.3 Å². The number of carbonyl (C=O) groups excluding carboxylic acids is 2. The first kappa shape index (κ1) is 20.4. The molecule has 1 aliphatic heterocycles. The molecule has 0 spiro atoms. The number of nitrogens with one attached hydrogen (secondary N) is 1. The van der Waals surface area contributed by atoms with Crippen LogP contribution in [0, 0.1) is 19.3 Å². The number of benzene rings is 1. The van der Waals surface area contributed by atoms with Gasteiger partial charge in [0.2, 0.25) is 0 Å². The third-order valence-electron chi connectivity index (χ3n) is 4.75. The molecule has 29 heavy (non-hydrogen) atoms. The Bertz CT molecular complexity index is 1090. The minimum Gasteiger partial charge on any atom is -0.360 e. The molecule has 1 aliphatic rings. The highest BCUT2D eigenvalue weighted by Crippen LogP contribution is 2.37.